The van der Waals surface area contributed by atoms with Crippen LogP contribution in [-0.2, 0) is 6.42 Å². The van der Waals surface area contributed by atoms with E-state index >= 15 is 0 Å². The highest BCUT2D eigenvalue weighted by atomic mass is 79.9. The molecule has 5 heteroatoms. The molecule has 0 heterocycles. The number of thioether (sulfide) groups is 1. The molecule has 2 aromatic carbocycles. The van der Waals surface area contributed by atoms with E-state index in [0.717, 1.165) is 16.3 Å². The van der Waals surface area contributed by atoms with E-state index in [1.165, 1.54) is 17.0 Å². The molecular formula is C16H16BrF2NS. The Labute approximate surface area is 136 Å². The van der Waals surface area contributed by atoms with Gasteiger partial charge in [0.1, 0.15) is 11.6 Å². The topological polar surface area (TPSA) is 12.0 Å². The Hall–Kier alpha value is -0.910. The Balaban J connectivity index is 1.95. The summed E-state index contributed by atoms with van der Waals surface area (Å²) in [6.45, 7) is 0. The van der Waals surface area contributed by atoms with Gasteiger partial charge in [-0.25, -0.2) is 8.78 Å². The second kappa shape index (κ2) is 7.92. The lowest BCUT2D eigenvalue weighted by atomic mass is 10.1. The minimum atomic E-state index is -0.527. The normalized spacial score (nSPS) is 12.4. The van der Waals surface area contributed by atoms with Crippen molar-refractivity contribution in [1.82, 2.24) is 5.32 Å². The van der Waals surface area contributed by atoms with Gasteiger partial charge in [-0.15, -0.1) is 11.8 Å². The molecule has 0 saturated carbocycles. The summed E-state index contributed by atoms with van der Waals surface area (Å²) in [5.74, 6) is -0.225. The number of nitrogens with one attached hydrogen (secondary N) is 1. The van der Waals surface area contributed by atoms with Gasteiger partial charge in [0, 0.05) is 27.2 Å². The highest BCUT2D eigenvalue weighted by molar-refractivity contribution is 9.10. The SMILES string of the molecule is CNC(CSc1ccc(Br)cc1)Cc1cc(F)cc(F)c1. The van der Waals surface area contributed by atoms with E-state index < -0.39 is 11.6 Å². The third-order valence-corrected chi connectivity index (χ3v) is 4.78. The number of hydrogen-bond acceptors (Lipinski definition) is 2. The summed E-state index contributed by atoms with van der Waals surface area (Å²) >= 11 is 5.12. The molecule has 0 spiro atoms. The van der Waals surface area contributed by atoms with Crippen LogP contribution in [0.25, 0.3) is 0 Å². The minimum absolute atomic E-state index is 0.153. The Morgan fingerprint density at radius 2 is 1.71 bits per heavy atom. The van der Waals surface area contributed by atoms with Crippen molar-refractivity contribution in [2.24, 2.45) is 0 Å². The molecule has 0 aliphatic rings. The van der Waals surface area contributed by atoms with Crippen LogP contribution in [0.15, 0.2) is 51.8 Å². The molecule has 112 valence electrons. The van der Waals surface area contributed by atoms with Gasteiger partial charge in [-0.2, -0.15) is 0 Å². The first-order chi connectivity index (χ1) is 10.1. The lowest BCUT2D eigenvalue weighted by molar-refractivity contribution is 0.569. The number of benzene rings is 2. The molecule has 0 aliphatic heterocycles. The van der Waals surface area contributed by atoms with Gasteiger partial charge in [-0.05, 0) is 55.4 Å². The Kier molecular flexibility index (Phi) is 6.21. The van der Waals surface area contributed by atoms with Crippen LogP contribution in [0.3, 0.4) is 0 Å². The average Bonchev–Trinajstić information content (AvgIpc) is 2.44. The highest BCUT2D eigenvalue weighted by Gasteiger charge is 2.10. The molecule has 2 rings (SSSR count). The van der Waals surface area contributed by atoms with Gasteiger partial charge in [0.25, 0.3) is 0 Å². The van der Waals surface area contributed by atoms with Crippen molar-refractivity contribution in [1.29, 1.82) is 0 Å². The second-order valence-corrected chi connectivity index (χ2v) is 6.74. The molecule has 0 saturated heterocycles. The standard InChI is InChI=1S/C16H16BrF2NS/c1-20-15(8-11-6-13(18)9-14(19)7-11)10-21-16-4-2-12(17)3-5-16/h2-7,9,15,20H,8,10H2,1H3. The van der Waals surface area contributed by atoms with Crippen LogP contribution < -0.4 is 5.32 Å². The quantitative estimate of drug-likeness (QED) is 0.741. The van der Waals surface area contributed by atoms with Gasteiger partial charge in [0.05, 0.1) is 0 Å². The first kappa shape index (κ1) is 16.5. The summed E-state index contributed by atoms with van der Waals surface area (Å²) in [5, 5.41) is 3.20. The first-order valence-corrected chi connectivity index (χ1v) is 8.35. The van der Waals surface area contributed by atoms with E-state index in [0.29, 0.717) is 12.0 Å². The zero-order chi connectivity index (χ0) is 15.2. The molecule has 1 nitrogen and oxygen atoms in total. The van der Waals surface area contributed by atoms with E-state index in [4.69, 9.17) is 0 Å². The summed E-state index contributed by atoms with van der Waals surface area (Å²) in [7, 11) is 1.86. The second-order valence-electron chi connectivity index (χ2n) is 4.73. The maximum absolute atomic E-state index is 13.2. The number of halogens is 3. The van der Waals surface area contributed by atoms with E-state index in [2.05, 4.69) is 21.2 Å². The molecule has 1 N–H and O–H groups in total. The van der Waals surface area contributed by atoms with Crippen molar-refractivity contribution in [2.75, 3.05) is 12.8 Å². The number of hydrogen-bond donors (Lipinski definition) is 1. The van der Waals surface area contributed by atoms with Crippen molar-refractivity contribution in [3.8, 4) is 0 Å². The van der Waals surface area contributed by atoms with Crippen molar-refractivity contribution in [3.05, 3.63) is 64.1 Å². The third-order valence-electron chi connectivity index (χ3n) is 3.08. The smallest absolute Gasteiger partial charge is 0.126 e. The maximum Gasteiger partial charge on any atom is 0.126 e. The molecular weight excluding hydrogens is 356 g/mol. The van der Waals surface area contributed by atoms with Crippen LogP contribution in [0.2, 0.25) is 0 Å². The van der Waals surface area contributed by atoms with Gasteiger partial charge in [0.2, 0.25) is 0 Å². The number of rotatable bonds is 6. The monoisotopic (exact) mass is 371 g/mol. The predicted molar refractivity (Wildman–Crippen MR) is 87.8 cm³/mol. The van der Waals surface area contributed by atoms with Crippen molar-refractivity contribution >= 4 is 27.7 Å². The van der Waals surface area contributed by atoms with Gasteiger partial charge >= 0.3 is 0 Å². The van der Waals surface area contributed by atoms with E-state index in [9.17, 15) is 8.78 Å². The summed E-state index contributed by atoms with van der Waals surface area (Å²) in [4.78, 5) is 1.17. The largest absolute Gasteiger partial charge is 0.316 e. The zero-order valence-electron chi connectivity index (χ0n) is 11.6. The van der Waals surface area contributed by atoms with Crippen LogP contribution in [0.4, 0.5) is 8.78 Å². The minimum Gasteiger partial charge on any atom is -0.316 e. The molecule has 0 amide bonds. The molecule has 0 aliphatic carbocycles. The van der Waals surface area contributed by atoms with Crippen LogP contribution in [0, 0.1) is 11.6 Å². The molecule has 0 fully saturated rings. The molecule has 0 bridgehead atoms. The molecule has 1 unspecified atom stereocenters. The molecule has 0 aromatic heterocycles. The molecule has 1 atom stereocenters. The highest BCUT2D eigenvalue weighted by Crippen LogP contribution is 2.22. The van der Waals surface area contributed by atoms with Crippen molar-refractivity contribution in [2.45, 2.75) is 17.4 Å². The van der Waals surface area contributed by atoms with Gasteiger partial charge in [-0.3, -0.25) is 0 Å². The fourth-order valence-corrected chi connectivity index (χ4v) is 3.26. The fraction of sp³-hybridized carbons (Fsp3) is 0.250. The Morgan fingerprint density at radius 1 is 1.10 bits per heavy atom. The van der Waals surface area contributed by atoms with Crippen LogP contribution >= 0.6 is 27.7 Å². The summed E-state index contributed by atoms with van der Waals surface area (Å²) in [6, 6.07) is 11.9. The average molecular weight is 372 g/mol. The van der Waals surface area contributed by atoms with Crippen molar-refractivity contribution < 1.29 is 8.78 Å². The summed E-state index contributed by atoms with van der Waals surface area (Å²) < 4.78 is 27.5. The molecule has 21 heavy (non-hydrogen) atoms. The maximum atomic E-state index is 13.2. The lowest BCUT2D eigenvalue weighted by Crippen LogP contribution is -2.30. The fourth-order valence-electron chi connectivity index (χ4n) is 1.99. The summed E-state index contributed by atoms with van der Waals surface area (Å²) in [6.07, 6.45) is 0.592. The van der Waals surface area contributed by atoms with Crippen molar-refractivity contribution in [3.63, 3.8) is 0 Å². The van der Waals surface area contributed by atoms with E-state index in [1.807, 2.05) is 31.3 Å². The first-order valence-electron chi connectivity index (χ1n) is 6.57. The van der Waals surface area contributed by atoms with Gasteiger partial charge < -0.3 is 5.32 Å². The Morgan fingerprint density at radius 3 is 2.29 bits per heavy atom. The predicted octanol–water partition coefficient (Wildman–Crippen LogP) is 4.65. The van der Waals surface area contributed by atoms with Gasteiger partial charge in [-0.1, -0.05) is 15.9 Å². The van der Waals surface area contributed by atoms with E-state index in [-0.39, 0.29) is 6.04 Å². The van der Waals surface area contributed by atoms with Crippen LogP contribution in [0.1, 0.15) is 5.56 Å². The van der Waals surface area contributed by atoms with E-state index in [1.54, 1.807) is 11.8 Å². The van der Waals surface area contributed by atoms with Crippen LogP contribution in [-0.4, -0.2) is 18.8 Å². The van der Waals surface area contributed by atoms with Gasteiger partial charge in [0.15, 0.2) is 0 Å². The Bertz CT molecular complexity index is 569. The third kappa shape index (κ3) is 5.41. The molecule has 2 aromatic rings. The zero-order valence-corrected chi connectivity index (χ0v) is 14.0. The molecule has 0 radical (unpaired) electrons. The number of likely N-dealkylation sites (N-methyl/N-ethyl adjacent to an activating group) is 1. The lowest BCUT2D eigenvalue weighted by Gasteiger charge is -2.16. The summed E-state index contributed by atoms with van der Waals surface area (Å²) in [5.41, 5.74) is 0.670. The van der Waals surface area contributed by atoms with Crippen LogP contribution in [0.5, 0.6) is 0 Å².